The average Bonchev–Trinajstić information content (AvgIpc) is 2.75. The number of carbonyl (C=O) groups excluding carboxylic acids is 3. The fourth-order valence-electron chi connectivity index (χ4n) is 3.51. The zero-order valence-corrected chi connectivity index (χ0v) is 17.5. The van der Waals surface area contributed by atoms with Crippen LogP contribution >= 0.6 is 0 Å². The number of esters is 1. The molecule has 0 saturated heterocycles. The standard InChI is InChI=1S/C24H26N2O4/c1-4-8-21(27)24(23(29)30-3)22(28)16-20(15-18-9-6-5-7-10-18)26(25-24)19-13-11-17(2)12-14-19/h5-7,9-14,16,25H,4,8,15H2,1-3H3. The van der Waals surface area contributed by atoms with Crippen molar-refractivity contribution < 1.29 is 19.1 Å². The molecular weight excluding hydrogens is 380 g/mol. The number of allylic oxidation sites excluding steroid dienone is 1. The lowest BCUT2D eigenvalue weighted by Gasteiger charge is -2.40. The lowest BCUT2D eigenvalue weighted by Crippen LogP contribution is -2.70. The summed E-state index contributed by atoms with van der Waals surface area (Å²) in [6, 6.07) is 17.3. The number of methoxy groups -OCH3 is 1. The summed E-state index contributed by atoms with van der Waals surface area (Å²) in [5.74, 6) is -2.02. The van der Waals surface area contributed by atoms with E-state index in [2.05, 4.69) is 5.43 Å². The normalized spacial score (nSPS) is 18.7. The lowest BCUT2D eigenvalue weighted by atomic mass is 9.84. The summed E-state index contributed by atoms with van der Waals surface area (Å²) in [7, 11) is 1.18. The van der Waals surface area contributed by atoms with E-state index in [1.165, 1.54) is 13.2 Å². The van der Waals surface area contributed by atoms with Crippen molar-refractivity contribution in [3.05, 3.63) is 77.5 Å². The second-order valence-electron chi connectivity index (χ2n) is 7.36. The van der Waals surface area contributed by atoms with Crippen LogP contribution in [0.4, 0.5) is 5.69 Å². The molecule has 1 aliphatic rings. The third-order valence-corrected chi connectivity index (χ3v) is 5.14. The highest BCUT2D eigenvalue weighted by atomic mass is 16.5. The fourth-order valence-corrected chi connectivity index (χ4v) is 3.51. The van der Waals surface area contributed by atoms with Gasteiger partial charge in [0, 0.05) is 24.6 Å². The second kappa shape index (κ2) is 9.05. The van der Waals surface area contributed by atoms with Crippen LogP contribution in [0.5, 0.6) is 0 Å². The van der Waals surface area contributed by atoms with Gasteiger partial charge in [-0.1, -0.05) is 55.0 Å². The van der Waals surface area contributed by atoms with Crippen molar-refractivity contribution in [3.8, 4) is 0 Å². The minimum atomic E-state index is -2.09. The van der Waals surface area contributed by atoms with E-state index >= 15 is 0 Å². The Labute approximate surface area is 176 Å². The predicted molar refractivity (Wildman–Crippen MR) is 115 cm³/mol. The number of nitrogens with one attached hydrogen (secondary N) is 1. The number of hydrogen-bond acceptors (Lipinski definition) is 6. The van der Waals surface area contributed by atoms with Crippen LogP contribution in [0.2, 0.25) is 0 Å². The highest BCUT2D eigenvalue weighted by molar-refractivity contribution is 6.31. The molecule has 0 saturated carbocycles. The molecule has 1 N–H and O–H groups in total. The third kappa shape index (κ3) is 4.04. The molecule has 0 aromatic heterocycles. The van der Waals surface area contributed by atoms with Crippen LogP contribution in [0.1, 0.15) is 30.9 Å². The van der Waals surface area contributed by atoms with Gasteiger partial charge >= 0.3 is 5.97 Å². The van der Waals surface area contributed by atoms with E-state index < -0.39 is 23.1 Å². The lowest BCUT2D eigenvalue weighted by molar-refractivity contribution is -0.156. The van der Waals surface area contributed by atoms with Gasteiger partial charge in [0.2, 0.25) is 0 Å². The van der Waals surface area contributed by atoms with Crippen LogP contribution in [0.25, 0.3) is 0 Å². The van der Waals surface area contributed by atoms with Crippen LogP contribution in [-0.4, -0.2) is 30.2 Å². The molecule has 1 heterocycles. The molecule has 30 heavy (non-hydrogen) atoms. The summed E-state index contributed by atoms with van der Waals surface area (Å²) in [5.41, 5.74) is 4.29. The van der Waals surface area contributed by atoms with Gasteiger partial charge in [-0.3, -0.25) is 14.6 Å². The maximum absolute atomic E-state index is 13.2. The highest BCUT2D eigenvalue weighted by Crippen LogP contribution is 2.29. The van der Waals surface area contributed by atoms with Crippen LogP contribution in [0.15, 0.2) is 66.4 Å². The molecule has 1 unspecified atom stereocenters. The number of anilines is 1. The van der Waals surface area contributed by atoms with E-state index in [0.717, 1.165) is 11.1 Å². The van der Waals surface area contributed by atoms with Crippen LogP contribution in [-0.2, 0) is 25.5 Å². The Bertz CT molecular complexity index is 966. The maximum atomic E-state index is 13.2. The van der Waals surface area contributed by atoms with Gasteiger partial charge in [0.15, 0.2) is 11.6 Å². The first-order valence-corrected chi connectivity index (χ1v) is 9.97. The Hall–Kier alpha value is -3.25. The fraction of sp³-hybridized carbons (Fsp3) is 0.292. The molecule has 156 valence electrons. The van der Waals surface area contributed by atoms with E-state index in [1.807, 2.05) is 68.4 Å². The first-order valence-electron chi connectivity index (χ1n) is 9.97. The summed E-state index contributed by atoms with van der Waals surface area (Å²) >= 11 is 0. The molecule has 0 amide bonds. The number of nitrogens with zero attached hydrogens (tertiary/aromatic N) is 1. The summed E-state index contributed by atoms with van der Waals surface area (Å²) in [6.07, 6.45) is 2.43. The molecule has 0 fully saturated rings. The average molecular weight is 406 g/mol. The van der Waals surface area contributed by atoms with Gasteiger partial charge < -0.3 is 4.74 Å². The van der Waals surface area contributed by atoms with Crippen LogP contribution in [0, 0.1) is 6.92 Å². The van der Waals surface area contributed by atoms with E-state index in [4.69, 9.17) is 4.74 Å². The monoisotopic (exact) mass is 406 g/mol. The molecule has 6 heteroatoms. The van der Waals surface area contributed by atoms with Crippen molar-refractivity contribution >= 4 is 23.2 Å². The topological polar surface area (TPSA) is 75.7 Å². The first-order chi connectivity index (χ1) is 14.4. The molecule has 3 rings (SSSR count). The first kappa shape index (κ1) is 21.5. The van der Waals surface area contributed by atoms with Crippen molar-refractivity contribution in [3.63, 3.8) is 0 Å². The summed E-state index contributed by atoms with van der Waals surface area (Å²) in [4.78, 5) is 38.9. The summed E-state index contributed by atoms with van der Waals surface area (Å²) in [5, 5.41) is 1.65. The van der Waals surface area contributed by atoms with E-state index in [9.17, 15) is 14.4 Å². The smallest absolute Gasteiger partial charge is 0.343 e. The van der Waals surface area contributed by atoms with E-state index in [1.54, 1.807) is 5.01 Å². The van der Waals surface area contributed by atoms with Gasteiger partial charge in [0.1, 0.15) is 0 Å². The van der Waals surface area contributed by atoms with Crippen LogP contribution in [0.3, 0.4) is 0 Å². The molecule has 0 radical (unpaired) electrons. The van der Waals surface area contributed by atoms with Gasteiger partial charge in [-0.25, -0.2) is 4.79 Å². The second-order valence-corrected chi connectivity index (χ2v) is 7.36. The van der Waals surface area contributed by atoms with Gasteiger partial charge in [0.25, 0.3) is 5.54 Å². The number of Topliss-reactive ketones (excluding diaryl/α,β-unsaturated/α-hetero) is 1. The number of aryl methyl sites for hydroxylation is 1. The molecular formula is C24H26N2O4. The van der Waals surface area contributed by atoms with Crippen molar-refractivity contribution in [2.24, 2.45) is 0 Å². The minimum absolute atomic E-state index is 0.0808. The SMILES string of the molecule is CCCC(=O)C1(C(=O)OC)NN(c2ccc(C)cc2)C(Cc2ccccc2)=CC1=O. The highest BCUT2D eigenvalue weighted by Gasteiger charge is 2.55. The van der Waals surface area contributed by atoms with Gasteiger partial charge in [0.05, 0.1) is 12.8 Å². The predicted octanol–water partition coefficient (Wildman–Crippen LogP) is 3.30. The largest absolute Gasteiger partial charge is 0.467 e. The molecule has 1 aliphatic heterocycles. The molecule has 0 aliphatic carbocycles. The number of ketones is 2. The molecule has 0 bridgehead atoms. The molecule has 1 atom stereocenters. The summed E-state index contributed by atoms with van der Waals surface area (Å²) < 4.78 is 4.89. The Morgan fingerprint density at radius 1 is 1.07 bits per heavy atom. The number of benzene rings is 2. The number of hydrazine groups is 1. The van der Waals surface area contributed by atoms with Crippen molar-refractivity contribution in [1.29, 1.82) is 0 Å². The van der Waals surface area contributed by atoms with Crippen molar-refractivity contribution in [2.45, 2.75) is 38.6 Å². The molecule has 6 nitrogen and oxygen atoms in total. The molecule has 2 aromatic rings. The third-order valence-electron chi connectivity index (χ3n) is 5.14. The number of rotatable bonds is 7. The Morgan fingerprint density at radius 2 is 1.73 bits per heavy atom. The zero-order valence-electron chi connectivity index (χ0n) is 17.5. The number of ether oxygens (including phenoxy) is 1. The quantitative estimate of drug-likeness (QED) is 0.562. The van der Waals surface area contributed by atoms with E-state index in [-0.39, 0.29) is 6.42 Å². The number of carbonyl (C=O) groups is 3. The minimum Gasteiger partial charge on any atom is -0.467 e. The molecule has 2 aromatic carbocycles. The van der Waals surface area contributed by atoms with E-state index in [0.29, 0.717) is 24.2 Å². The Kier molecular flexibility index (Phi) is 6.47. The Balaban J connectivity index is 2.12. The van der Waals surface area contributed by atoms with Gasteiger partial charge in [-0.2, -0.15) is 5.43 Å². The van der Waals surface area contributed by atoms with Gasteiger partial charge in [-0.15, -0.1) is 0 Å². The summed E-state index contributed by atoms with van der Waals surface area (Å²) in [6.45, 7) is 3.80. The number of hydrogen-bond donors (Lipinski definition) is 1. The zero-order chi connectivity index (χ0) is 21.7. The van der Waals surface area contributed by atoms with Crippen molar-refractivity contribution in [1.82, 2.24) is 5.43 Å². The Morgan fingerprint density at radius 3 is 2.33 bits per heavy atom. The van der Waals surface area contributed by atoms with Crippen molar-refractivity contribution in [2.75, 3.05) is 12.1 Å². The van der Waals surface area contributed by atoms with Gasteiger partial charge in [-0.05, 0) is 31.0 Å². The maximum Gasteiger partial charge on any atom is 0.343 e. The van der Waals surface area contributed by atoms with Crippen LogP contribution < -0.4 is 10.4 Å². The molecule has 0 spiro atoms.